The van der Waals surface area contributed by atoms with Crippen molar-refractivity contribution >= 4 is 11.6 Å². The normalized spacial score (nSPS) is 14.8. The molecule has 1 aromatic rings. The molecule has 0 aromatic carbocycles. The number of carbonyl (C=O) groups excluding carboxylic acids is 1. The van der Waals surface area contributed by atoms with Crippen molar-refractivity contribution in [2.45, 2.75) is 52.4 Å². The van der Waals surface area contributed by atoms with Gasteiger partial charge in [-0.15, -0.1) is 0 Å². The van der Waals surface area contributed by atoms with Gasteiger partial charge in [0.05, 0.1) is 11.4 Å². The second kappa shape index (κ2) is 6.29. The summed E-state index contributed by atoms with van der Waals surface area (Å²) in [5, 5.41) is 7.12. The molecule has 5 heteroatoms. The summed E-state index contributed by atoms with van der Waals surface area (Å²) in [6.45, 7) is 7.82. The van der Waals surface area contributed by atoms with E-state index in [1.807, 2.05) is 11.8 Å². The molecule has 0 radical (unpaired) electrons. The van der Waals surface area contributed by atoms with Crippen molar-refractivity contribution in [3.05, 3.63) is 11.4 Å². The third-order valence-electron chi connectivity index (χ3n) is 4.32. The molecule has 1 amide bonds. The number of nitrogens with one attached hydrogen (secondary N) is 1. The van der Waals surface area contributed by atoms with E-state index in [-0.39, 0.29) is 5.91 Å². The number of nitrogen functional groups attached to an aromatic ring is 1. The molecule has 1 heterocycles. The molecule has 0 bridgehead atoms. The summed E-state index contributed by atoms with van der Waals surface area (Å²) >= 11 is 0. The number of amides is 1. The van der Waals surface area contributed by atoms with Gasteiger partial charge in [-0.1, -0.05) is 26.7 Å². The second-order valence-corrected chi connectivity index (χ2v) is 5.70. The van der Waals surface area contributed by atoms with Crippen LogP contribution in [-0.4, -0.2) is 34.1 Å². The standard InChI is InChI=1S/C15H26N4O/c1-4-10(5-2)9-19(6-3)15(20)14-12(16)13(17-18-14)11-7-8-11/h10-11H,4-9,16H2,1-3H3,(H,17,18). The molecule has 0 saturated heterocycles. The predicted octanol–water partition coefficient (Wildman–Crippen LogP) is 2.77. The first-order chi connectivity index (χ1) is 9.62. The maximum absolute atomic E-state index is 12.6. The zero-order valence-electron chi connectivity index (χ0n) is 12.8. The number of rotatable bonds is 7. The SMILES string of the molecule is CCC(CC)CN(CC)C(=O)c1n[nH]c(C2CC2)c1N. The van der Waals surface area contributed by atoms with E-state index in [0.29, 0.717) is 29.8 Å². The van der Waals surface area contributed by atoms with Crippen LogP contribution >= 0.6 is 0 Å². The van der Waals surface area contributed by atoms with Crippen LogP contribution in [0.4, 0.5) is 5.69 Å². The molecule has 1 fully saturated rings. The van der Waals surface area contributed by atoms with Crippen molar-refractivity contribution in [1.82, 2.24) is 15.1 Å². The van der Waals surface area contributed by atoms with Gasteiger partial charge in [0, 0.05) is 19.0 Å². The summed E-state index contributed by atoms with van der Waals surface area (Å²) in [5.74, 6) is 0.986. The van der Waals surface area contributed by atoms with E-state index < -0.39 is 0 Å². The summed E-state index contributed by atoms with van der Waals surface area (Å²) in [7, 11) is 0. The lowest BCUT2D eigenvalue weighted by Gasteiger charge is -2.24. The first kappa shape index (κ1) is 14.9. The highest BCUT2D eigenvalue weighted by Gasteiger charge is 2.31. The Labute approximate surface area is 120 Å². The number of aromatic amines is 1. The number of carbonyl (C=O) groups is 1. The van der Waals surface area contributed by atoms with Gasteiger partial charge < -0.3 is 10.6 Å². The van der Waals surface area contributed by atoms with Gasteiger partial charge in [0.15, 0.2) is 5.69 Å². The maximum atomic E-state index is 12.6. The van der Waals surface area contributed by atoms with Gasteiger partial charge in [-0.05, 0) is 25.7 Å². The van der Waals surface area contributed by atoms with Gasteiger partial charge in [0.1, 0.15) is 0 Å². The fourth-order valence-corrected chi connectivity index (χ4v) is 2.57. The Morgan fingerprint density at radius 3 is 2.55 bits per heavy atom. The molecule has 1 aliphatic carbocycles. The van der Waals surface area contributed by atoms with Crippen LogP contribution in [0.2, 0.25) is 0 Å². The van der Waals surface area contributed by atoms with Crippen LogP contribution in [0.1, 0.15) is 68.6 Å². The van der Waals surface area contributed by atoms with E-state index in [9.17, 15) is 4.79 Å². The van der Waals surface area contributed by atoms with Crippen molar-refractivity contribution in [3.8, 4) is 0 Å². The van der Waals surface area contributed by atoms with E-state index in [1.54, 1.807) is 0 Å². The molecule has 112 valence electrons. The molecule has 0 atom stereocenters. The minimum Gasteiger partial charge on any atom is -0.395 e. The second-order valence-electron chi connectivity index (χ2n) is 5.70. The Morgan fingerprint density at radius 1 is 1.40 bits per heavy atom. The molecule has 20 heavy (non-hydrogen) atoms. The van der Waals surface area contributed by atoms with Crippen LogP contribution in [0, 0.1) is 5.92 Å². The average molecular weight is 278 g/mol. The van der Waals surface area contributed by atoms with Crippen LogP contribution in [0.5, 0.6) is 0 Å². The molecular weight excluding hydrogens is 252 g/mol. The summed E-state index contributed by atoms with van der Waals surface area (Å²) in [6.07, 6.45) is 4.46. The monoisotopic (exact) mass is 278 g/mol. The number of anilines is 1. The van der Waals surface area contributed by atoms with Crippen molar-refractivity contribution in [1.29, 1.82) is 0 Å². The molecule has 0 aliphatic heterocycles. The lowest BCUT2D eigenvalue weighted by Crippen LogP contribution is -2.35. The fourth-order valence-electron chi connectivity index (χ4n) is 2.57. The number of hydrogen-bond donors (Lipinski definition) is 2. The summed E-state index contributed by atoms with van der Waals surface area (Å²) in [6, 6.07) is 0. The van der Waals surface area contributed by atoms with Crippen LogP contribution in [0.15, 0.2) is 0 Å². The molecule has 3 N–H and O–H groups in total. The molecular formula is C15H26N4O. The Kier molecular flexibility index (Phi) is 4.68. The van der Waals surface area contributed by atoms with Crippen molar-refractivity contribution in [3.63, 3.8) is 0 Å². The zero-order chi connectivity index (χ0) is 14.7. The van der Waals surface area contributed by atoms with E-state index >= 15 is 0 Å². The quantitative estimate of drug-likeness (QED) is 0.805. The van der Waals surface area contributed by atoms with Crippen LogP contribution in [-0.2, 0) is 0 Å². The number of nitrogens with two attached hydrogens (primary N) is 1. The molecule has 1 saturated carbocycles. The van der Waals surface area contributed by atoms with Crippen molar-refractivity contribution in [2.24, 2.45) is 5.92 Å². The highest BCUT2D eigenvalue weighted by molar-refractivity contribution is 5.97. The van der Waals surface area contributed by atoms with Gasteiger partial charge in [0.25, 0.3) is 5.91 Å². The van der Waals surface area contributed by atoms with Gasteiger partial charge in [-0.2, -0.15) is 5.10 Å². The highest BCUT2D eigenvalue weighted by Crippen LogP contribution is 2.42. The minimum absolute atomic E-state index is 0.0416. The van der Waals surface area contributed by atoms with Crippen molar-refractivity contribution < 1.29 is 4.79 Å². The molecule has 0 unspecified atom stereocenters. The van der Waals surface area contributed by atoms with Crippen LogP contribution < -0.4 is 5.73 Å². The summed E-state index contributed by atoms with van der Waals surface area (Å²) < 4.78 is 0. The average Bonchev–Trinajstić information content (AvgIpc) is 3.23. The van der Waals surface area contributed by atoms with Crippen molar-refractivity contribution in [2.75, 3.05) is 18.8 Å². The number of nitrogens with zero attached hydrogens (tertiary/aromatic N) is 2. The summed E-state index contributed by atoms with van der Waals surface area (Å²) in [4.78, 5) is 14.4. The highest BCUT2D eigenvalue weighted by atomic mass is 16.2. The molecule has 1 aliphatic rings. The summed E-state index contributed by atoms with van der Waals surface area (Å²) in [5.41, 5.74) is 8.00. The maximum Gasteiger partial charge on any atom is 0.276 e. The van der Waals surface area contributed by atoms with E-state index in [4.69, 9.17) is 5.73 Å². The van der Waals surface area contributed by atoms with Gasteiger partial charge in [-0.3, -0.25) is 9.89 Å². The predicted molar refractivity (Wildman–Crippen MR) is 80.6 cm³/mol. The third-order valence-corrected chi connectivity index (χ3v) is 4.32. The fraction of sp³-hybridized carbons (Fsp3) is 0.733. The zero-order valence-corrected chi connectivity index (χ0v) is 12.8. The Hall–Kier alpha value is -1.52. The number of aromatic nitrogens is 2. The Balaban J connectivity index is 2.11. The van der Waals surface area contributed by atoms with E-state index in [0.717, 1.165) is 37.9 Å². The number of H-pyrrole nitrogens is 1. The smallest absolute Gasteiger partial charge is 0.276 e. The molecule has 0 spiro atoms. The van der Waals surface area contributed by atoms with Gasteiger partial charge in [0.2, 0.25) is 0 Å². The lowest BCUT2D eigenvalue weighted by molar-refractivity contribution is 0.0730. The first-order valence-electron chi connectivity index (χ1n) is 7.75. The molecule has 5 nitrogen and oxygen atoms in total. The minimum atomic E-state index is -0.0416. The number of hydrogen-bond acceptors (Lipinski definition) is 3. The molecule has 1 aromatic heterocycles. The van der Waals surface area contributed by atoms with Crippen LogP contribution in [0.3, 0.4) is 0 Å². The van der Waals surface area contributed by atoms with Crippen LogP contribution in [0.25, 0.3) is 0 Å². The Morgan fingerprint density at radius 2 is 2.05 bits per heavy atom. The van der Waals surface area contributed by atoms with Gasteiger partial charge in [-0.25, -0.2) is 0 Å². The lowest BCUT2D eigenvalue weighted by atomic mass is 10.0. The largest absolute Gasteiger partial charge is 0.395 e. The molecule has 2 rings (SSSR count). The Bertz CT molecular complexity index is 460. The topological polar surface area (TPSA) is 75.0 Å². The first-order valence-corrected chi connectivity index (χ1v) is 7.75. The third kappa shape index (κ3) is 2.97. The van der Waals surface area contributed by atoms with E-state index in [1.165, 1.54) is 0 Å². The van der Waals surface area contributed by atoms with E-state index in [2.05, 4.69) is 24.0 Å². The van der Waals surface area contributed by atoms with Gasteiger partial charge >= 0.3 is 0 Å².